The molecular weight excluding hydrogens is 384 g/mol. The lowest BCUT2D eigenvalue weighted by atomic mass is 9.85. The van der Waals surface area contributed by atoms with Crippen LogP contribution >= 0.6 is 0 Å². The molecule has 0 saturated heterocycles. The molecule has 0 aliphatic heterocycles. The Hall–Kier alpha value is -0.780. The van der Waals surface area contributed by atoms with E-state index in [0.29, 0.717) is 0 Å². The highest BCUT2D eigenvalue weighted by atomic mass is 14.2. The lowest BCUT2D eigenvalue weighted by Crippen LogP contribution is -2.06. The van der Waals surface area contributed by atoms with Gasteiger partial charge in [-0.3, -0.25) is 0 Å². The molecule has 0 heterocycles. The monoisotopic (exact) mass is 444 g/mol. The molecule has 0 spiro atoms. The topological polar surface area (TPSA) is 0 Å². The minimum Gasteiger partial charge on any atom is -0.0914 e. The van der Waals surface area contributed by atoms with Crippen LogP contribution in [0.25, 0.3) is 0 Å². The zero-order valence-corrected chi connectivity index (χ0v) is 22.8. The molecule has 0 N–H and O–H groups in total. The highest BCUT2D eigenvalue weighted by Gasteiger charge is 2.13. The maximum absolute atomic E-state index is 2.60. The average molecular weight is 445 g/mol. The zero-order valence-electron chi connectivity index (χ0n) is 22.8. The van der Waals surface area contributed by atoms with Crippen LogP contribution in [0.15, 0.2) is 36.0 Å². The van der Waals surface area contributed by atoms with E-state index in [9.17, 15) is 0 Å². The van der Waals surface area contributed by atoms with Crippen molar-refractivity contribution in [3.05, 3.63) is 36.0 Å². The van der Waals surface area contributed by atoms with E-state index in [1.165, 1.54) is 128 Å². The van der Waals surface area contributed by atoms with Gasteiger partial charge in [0.1, 0.15) is 0 Å². The van der Waals surface area contributed by atoms with Crippen molar-refractivity contribution in [3.8, 4) is 0 Å². The Morgan fingerprint density at radius 3 is 1.78 bits per heavy atom. The maximum Gasteiger partial charge on any atom is -0.0166 e. The molecule has 0 aliphatic rings. The molecule has 1 atom stereocenters. The predicted molar refractivity (Wildman–Crippen MR) is 150 cm³/mol. The number of allylic oxidation sites excluding steroid dienone is 6. The van der Waals surface area contributed by atoms with Crippen LogP contribution in [-0.4, -0.2) is 0 Å². The molecule has 0 heteroatoms. The Kier molecular flexibility index (Phi) is 25.8. The molecule has 0 saturated carbocycles. The third kappa shape index (κ3) is 21.1. The smallest absolute Gasteiger partial charge is 0.0166 e. The summed E-state index contributed by atoms with van der Waals surface area (Å²) in [5, 5.41) is 0. The van der Waals surface area contributed by atoms with Gasteiger partial charge < -0.3 is 0 Å². The molecule has 0 bridgehead atoms. The second kappa shape index (κ2) is 26.5. The number of hydrogen-bond donors (Lipinski definition) is 0. The largest absolute Gasteiger partial charge is 0.0914 e. The molecule has 32 heavy (non-hydrogen) atoms. The van der Waals surface area contributed by atoms with Crippen LogP contribution in [0.5, 0.6) is 0 Å². The van der Waals surface area contributed by atoms with Gasteiger partial charge in [-0.1, -0.05) is 140 Å². The summed E-state index contributed by atoms with van der Waals surface area (Å²) in [5.74, 6) is 0.808. The van der Waals surface area contributed by atoms with Gasteiger partial charge in [0, 0.05) is 0 Å². The summed E-state index contributed by atoms with van der Waals surface area (Å²) in [6.07, 6.45) is 40.8. The van der Waals surface area contributed by atoms with Crippen molar-refractivity contribution in [1.29, 1.82) is 0 Å². The normalized spacial score (nSPS) is 13.6. The van der Waals surface area contributed by atoms with Crippen molar-refractivity contribution in [2.24, 2.45) is 5.92 Å². The van der Waals surface area contributed by atoms with Gasteiger partial charge in [0.05, 0.1) is 0 Å². The molecular formula is C32H60. The first-order chi connectivity index (χ1) is 15.8. The molecule has 0 aliphatic carbocycles. The first-order valence-corrected chi connectivity index (χ1v) is 14.7. The molecule has 0 fully saturated rings. The fourth-order valence-corrected chi connectivity index (χ4v) is 4.67. The molecule has 0 amide bonds. The Morgan fingerprint density at radius 1 is 0.562 bits per heavy atom. The molecule has 0 aromatic heterocycles. The summed E-state index contributed by atoms with van der Waals surface area (Å²) in [5.41, 5.74) is 1.78. The first-order valence-electron chi connectivity index (χ1n) is 14.7. The van der Waals surface area contributed by atoms with Crippen molar-refractivity contribution in [2.45, 2.75) is 163 Å². The van der Waals surface area contributed by atoms with Gasteiger partial charge in [-0.05, 0) is 64.2 Å². The van der Waals surface area contributed by atoms with E-state index < -0.39 is 0 Å². The Morgan fingerprint density at radius 2 is 1.12 bits per heavy atom. The van der Waals surface area contributed by atoms with Gasteiger partial charge in [-0.25, -0.2) is 0 Å². The lowest BCUT2D eigenvalue weighted by molar-refractivity contribution is 0.459. The van der Waals surface area contributed by atoms with Gasteiger partial charge in [0.2, 0.25) is 0 Å². The first kappa shape index (κ1) is 31.2. The second-order valence-corrected chi connectivity index (χ2v) is 9.90. The second-order valence-electron chi connectivity index (χ2n) is 9.90. The van der Waals surface area contributed by atoms with Crippen LogP contribution < -0.4 is 0 Å². The minimum atomic E-state index is 0.808. The summed E-state index contributed by atoms with van der Waals surface area (Å²) in [4.78, 5) is 0. The lowest BCUT2D eigenvalue weighted by Gasteiger charge is -2.21. The zero-order chi connectivity index (χ0) is 23.5. The molecule has 1 unspecified atom stereocenters. The van der Waals surface area contributed by atoms with Gasteiger partial charge in [-0.15, -0.1) is 0 Å². The highest BCUT2D eigenvalue weighted by molar-refractivity contribution is 5.10. The van der Waals surface area contributed by atoms with Crippen LogP contribution in [0.3, 0.4) is 0 Å². The molecule has 0 nitrogen and oxygen atoms in total. The van der Waals surface area contributed by atoms with Crippen molar-refractivity contribution < 1.29 is 0 Å². The Balaban J connectivity index is 4.77. The fraction of sp³-hybridized carbons (Fsp3) is 0.812. The van der Waals surface area contributed by atoms with Crippen LogP contribution in [0.2, 0.25) is 0 Å². The highest BCUT2D eigenvalue weighted by Crippen LogP contribution is 2.29. The molecule has 0 aromatic rings. The SMILES string of the molecule is C/C=C/CC=C(CCCCCCCC)C(CC/C=C/CCCCC)CCCCCCCC. The maximum atomic E-state index is 2.60. The average Bonchev–Trinajstić information content (AvgIpc) is 2.80. The van der Waals surface area contributed by atoms with Crippen molar-refractivity contribution in [1.82, 2.24) is 0 Å². The van der Waals surface area contributed by atoms with Gasteiger partial charge in [-0.2, -0.15) is 0 Å². The summed E-state index contributed by atoms with van der Waals surface area (Å²) in [6.45, 7) is 9.07. The molecule has 0 radical (unpaired) electrons. The van der Waals surface area contributed by atoms with E-state index in [1.54, 1.807) is 5.57 Å². The van der Waals surface area contributed by atoms with Crippen molar-refractivity contribution >= 4 is 0 Å². The van der Waals surface area contributed by atoms with Crippen LogP contribution in [-0.2, 0) is 0 Å². The number of hydrogen-bond acceptors (Lipinski definition) is 0. The van der Waals surface area contributed by atoms with Crippen molar-refractivity contribution in [2.75, 3.05) is 0 Å². The van der Waals surface area contributed by atoms with E-state index in [2.05, 4.69) is 58.1 Å². The Bertz CT molecular complexity index is 439. The summed E-state index contributed by atoms with van der Waals surface area (Å²) in [6, 6.07) is 0. The van der Waals surface area contributed by atoms with E-state index in [4.69, 9.17) is 0 Å². The summed E-state index contributed by atoms with van der Waals surface area (Å²) in [7, 11) is 0. The third-order valence-electron chi connectivity index (χ3n) is 6.82. The number of rotatable bonds is 24. The van der Waals surface area contributed by atoms with Gasteiger partial charge in [0.15, 0.2) is 0 Å². The number of unbranched alkanes of at least 4 members (excludes halogenated alkanes) is 13. The van der Waals surface area contributed by atoms with Crippen molar-refractivity contribution in [3.63, 3.8) is 0 Å². The van der Waals surface area contributed by atoms with Crippen LogP contribution in [0.4, 0.5) is 0 Å². The van der Waals surface area contributed by atoms with E-state index in [-0.39, 0.29) is 0 Å². The quantitative estimate of drug-likeness (QED) is 0.102. The summed E-state index contributed by atoms with van der Waals surface area (Å²) >= 11 is 0. The van der Waals surface area contributed by atoms with Crippen LogP contribution in [0, 0.1) is 5.92 Å². The van der Waals surface area contributed by atoms with E-state index in [1.807, 2.05) is 0 Å². The Labute approximate surface area is 204 Å². The van der Waals surface area contributed by atoms with E-state index in [0.717, 1.165) is 12.3 Å². The molecule has 0 aromatic carbocycles. The third-order valence-corrected chi connectivity index (χ3v) is 6.82. The van der Waals surface area contributed by atoms with E-state index >= 15 is 0 Å². The van der Waals surface area contributed by atoms with Gasteiger partial charge >= 0.3 is 0 Å². The standard InChI is InChI=1S/C32H60/c1-5-9-13-16-19-22-26-30-32(29-25-21-18-15-11-7-3)31(27-23-12-8-4)28-24-20-17-14-10-6-2/h8,12,19,22,27,32H,5-7,9-11,13-18,20-21,23-26,28-30H2,1-4H3/b12-8+,22-19+,31-27?. The van der Waals surface area contributed by atoms with Crippen LogP contribution in [0.1, 0.15) is 163 Å². The molecule has 0 rings (SSSR count). The van der Waals surface area contributed by atoms with Gasteiger partial charge in [0.25, 0.3) is 0 Å². The summed E-state index contributed by atoms with van der Waals surface area (Å²) < 4.78 is 0. The minimum absolute atomic E-state index is 0.808. The fourth-order valence-electron chi connectivity index (χ4n) is 4.67. The predicted octanol–water partition coefficient (Wildman–Crippen LogP) is 11.9. The molecule has 188 valence electrons.